The Labute approximate surface area is 110 Å². The summed E-state index contributed by atoms with van der Waals surface area (Å²) in [6.45, 7) is 1.92. The van der Waals surface area contributed by atoms with Gasteiger partial charge in [-0.25, -0.2) is 8.78 Å². The molecule has 2 N–H and O–H groups in total. The standard InChI is InChI=1S/C15H16F2N2/c1-9-7-11-13(18)3-2-4-14(11)19(9)15-6-5-10(16)8-12(15)17/h5-8,13H,2-4,18H2,1H3. The van der Waals surface area contributed by atoms with E-state index in [1.807, 2.05) is 17.6 Å². The number of halogens is 2. The van der Waals surface area contributed by atoms with E-state index in [4.69, 9.17) is 5.73 Å². The summed E-state index contributed by atoms with van der Waals surface area (Å²) >= 11 is 0. The van der Waals surface area contributed by atoms with Crippen LogP contribution in [0.2, 0.25) is 0 Å². The van der Waals surface area contributed by atoms with Gasteiger partial charge in [0.05, 0.1) is 5.69 Å². The van der Waals surface area contributed by atoms with Gasteiger partial charge in [-0.15, -0.1) is 0 Å². The zero-order chi connectivity index (χ0) is 13.6. The molecule has 1 heterocycles. The first-order chi connectivity index (χ1) is 9.08. The number of hydrogen-bond donors (Lipinski definition) is 1. The molecule has 100 valence electrons. The fraction of sp³-hybridized carbons (Fsp3) is 0.333. The molecular weight excluding hydrogens is 246 g/mol. The first-order valence-electron chi connectivity index (χ1n) is 6.50. The Kier molecular flexibility index (Phi) is 2.90. The highest BCUT2D eigenvalue weighted by Crippen LogP contribution is 2.33. The van der Waals surface area contributed by atoms with E-state index in [0.29, 0.717) is 5.69 Å². The monoisotopic (exact) mass is 262 g/mol. The van der Waals surface area contributed by atoms with E-state index in [1.54, 1.807) is 0 Å². The maximum atomic E-state index is 14.0. The lowest BCUT2D eigenvalue weighted by Gasteiger charge is -2.21. The molecular formula is C15H16F2N2. The lowest BCUT2D eigenvalue weighted by Crippen LogP contribution is -2.18. The van der Waals surface area contributed by atoms with Gasteiger partial charge in [-0.3, -0.25) is 0 Å². The smallest absolute Gasteiger partial charge is 0.150 e. The highest BCUT2D eigenvalue weighted by Gasteiger charge is 2.23. The van der Waals surface area contributed by atoms with Crippen LogP contribution in [-0.2, 0) is 6.42 Å². The van der Waals surface area contributed by atoms with Crippen molar-refractivity contribution in [1.82, 2.24) is 4.57 Å². The first-order valence-corrected chi connectivity index (χ1v) is 6.50. The summed E-state index contributed by atoms with van der Waals surface area (Å²) in [6.07, 6.45) is 2.84. The number of nitrogens with zero attached hydrogens (tertiary/aromatic N) is 1. The van der Waals surface area contributed by atoms with Crippen molar-refractivity contribution in [3.8, 4) is 5.69 Å². The molecule has 2 aromatic rings. The fourth-order valence-electron chi connectivity index (χ4n) is 2.93. The molecule has 0 spiro atoms. The van der Waals surface area contributed by atoms with Crippen LogP contribution >= 0.6 is 0 Å². The highest BCUT2D eigenvalue weighted by molar-refractivity contribution is 5.44. The van der Waals surface area contributed by atoms with Crippen molar-refractivity contribution in [1.29, 1.82) is 0 Å². The summed E-state index contributed by atoms with van der Waals surface area (Å²) in [5, 5.41) is 0. The molecule has 0 saturated carbocycles. The topological polar surface area (TPSA) is 30.9 Å². The number of rotatable bonds is 1. The van der Waals surface area contributed by atoms with Gasteiger partial charge in [-0.05, 0) is 49.9 Å². The molecule has 0 radical (unpaired) electrons. The lowest BCUT2D eigenvalue weighted by molar-refractivity contribution is 0.551. The maximum Gasteiger partial charge on any atom is 0.150 e. The van der Waals surface area contributed by atoms with Crippen LogP contribution in [0.1, 0.15) is 35.8 Å². The first kappa shape index (κ1) is 12.4. The molecule has 0 fully saturated rings. The molecule has 0 amide bonds. The van der Waals surface area contributed by atoms with E-state index in [-0.39, 0.29) is 6.04 Å². The van der Waals surface area contributed by atoms with Crippen molar-refractivity contribution in [2.45, 2.75) is 32.2 Å². The molecule has 0 aliphatic heterocycles. The van der Waals surface area contributed by atoms with E-state index in [0.717, 1.165) is 42.3 Å². The Bertz CT molecular complexity index is 631. The number of aromatic nitrogens is 1. The molecule has 1 aliphatic rings. The molecule has 1 aromatic carbocycles. The molecule has 1 unspecified atom stereocenters. The Hall–Kier alpha value is -1.68. The Morgan fingerprint density at radius 2 is 2.05 bits per heavy atom. The van der Waals surface area contributed by atoms with Gasteiger partial charge < -0.3 is 10.3 Å². The summed E-state index contributed by atoms with van der Waals surface area (Å²) in [5.41, 5.74) is 9.58. The number of nitrogens with two attached hydrogens (primary N) is 1. The van der Waals surface area contributed by atoms with Crippen molar-refractivity contribution in [3.05, 3.63) is 52.9 Å². The second kappa shape index (κ2) is 4.46. The van der Waals surface area contributed by atoms with Crippen LogP contribution < -0.4 is 5.73 Å². The summed E-state index contributed by atoms with van der Waals surface area (Å²) in [6, 6.07) is 5.73. The average molecular weight is 262 g/mol. The molecule has 3 rings (SSSR count). The molecule has 4 heteroatoms. The lowest BCUT2D eigenvalue weighted by atomic mass is 9.93. The molecule has 1 aliphatic carbocycles. The van der Waals surface area contributed by atoms with Crippen LogP contribution in [0.25, 0.3) is 5.69 Å². The number of aryl methyl sites for hydroxylation is 1. The predicted octanol–water partition coefficient (Wildman–Crippen LogP) is 3.40. The molecule has 2 nitrogen and oxygen atoms in total. The van der Waals surface area contributed by atoms with Crippen molar-refractivity contribution in [3.63, 3.8) is 0 Å². The van der Waals surface area contributed by atoms with Crippen molar-refractivity contribution in [2.24, 2.45) is 5.73 Å². The van der Waals surface area contributed by atoms with Crippen molar-refractivity contribution < 1.29 is 8.78 Å². The minimum absolute atomic E-state index is 0.0206. The summed E-state index contributed by atoms with van der Waals surface area (Å²) in [5.74, 6) is -1.10. The van der Waals surface area contributed by atoms with Gasteiger partial charge >= 0.3 is 0 Å². The summed E-state index contributed by atoms with van der Waals surface area (Å²) in [7, 11) is 0. The van der Waals surface area contributed by atoms with Crippen LogP contribution in [0.4, 0.5) is 8.78 Å². The van der Waals surface area contributed by atoms with Crippen molar-refractivity contribution >= 4 is 0 Å². The van der Waals surface area contributed by atoms with Crippen LogP contribution in [0.5, 0.6) is 0 Å². The van der Waals surface area contributed by atoms with Gasteiger partial charge in [0.25, 0.3) is 0 Å². The van der Waals surface area contributed by atoms with Gasteiger partial charge in [0.2, 0.25) is 0 Å². The largest absolute Gasteiger partial charge is 0.324 e. The fourth-order valence-corrected chi connectivity index (χ4v) is 2.93. The third kappa shape index (κ3) is 1.96. The summed E-state index contributed by atoms with van der Waals surface area (Å²) < 4.78 is 28.9. The van der Waals surface area contributed by atoms with Gasteiger partial charge in [0.1, 0.15) is 11.6 Å². The van der Waals surface area contributed by atoms with Crippen LogP contribution in [-0.4, -0.2) is 4.57 Å². The second-order valence-corrected chi connectivity index (χ2v) is 5.12. The zero-order valence-corrected chi connectivity index (χ0v) is 10.8. The van der Waals surface area contributed by atoms with Gasteiger partial charge in [-0.1, -0.05) is 0 Å². The Balaban J connectivity index is 2.20. The zero-order valence-electron chi connectivity index (χ0n) is 10.8. The predicted molar refractivity (Wildman–Crippen MR) is 70.3 cm³/mol. The van der Waals surface area contributed by atoms with Crippen LogP contribution in [0.15, 0.2) is 24.3 Å². The van der Waals surface area contributed by atoms with Gasteiger partial charge in [-0.2, -0.15) is 0 Å². The van der Waals surface area contributed by atoms with Gasteiger partial charge in [0.15, 0.2) is 0 Å². The van der Waals surface area contributed by atoms with E-state index in [9.17, 15) is 8.78 Å². The maximum absolute atomic E-state index is 14.0. The van der Waals surface area contributed by atoms with E-state index in [2.05, 4.69) is 0 Å². The molecule has 1 aromatic heterocycles. The normalized spacial score (nSPS) is 18.4. The molecule has 19 heavy (non-hydrogen) atoms. The van der Waals surface area contributed by atoms with E-state index in [1.165, 1.54) is 12.1 Å². The second-order valence-electron chi connectivity index (χ2n) is 5.12. The summed E-state index contributed by atoms with van der Waals surface area (Å²) in [4.78, 5) is 0. The van der Waals surface area contributed by atoms with Gasteiger partial charge in [0, 0.05) is 23.5 Å². The van der Waals surface area contributed by atoms with Crippen molar-refractivity contribution in [2.75, 3.05) is 0 Å². The van der Waals surface area contributed by atoms with Crippen LogP contribution in [0, 0.1) is 18.6 Å². The molecule has 0 saturated heterocycles. The third-order valence-electron chi connectivity index (χ3n) is 3.80. The van der Waals surface area contributed by atoms with Crippen LogP contribution in [0.3, 0.4) is 0 Å². The van der Waals surface area contributed by atoms with E-state index >= 15 is 0 Å². The minimum atomic E-state index is -0.559. The number of fused-ring (bicyclic) bond motifs is 1. The Morgan fingerprint density at radius 3 is 2.79 bits per heavy atom. The Morgan fingerprint density at radius 1 is 1.26 bits per heavy atom. The number of benzene rings is 1. The quantitative estimate of drug-likeness (QED) is 0.839. The number of hydrogen-bond acceptors (Lipinski definition) is 1. The highest BCUT2D eigenvalue weighted by atomic mass is 19.1. The SMILES string of the molecule is Cc1cc2c(n1-c1ccc(F)cc1F)CCCC2N. The third-order valence-corrected chi connectivity index (χ3v) is 3.80. The average Bonchev–Trinajstić information content (AvgIpc) is 2.68. The van der Waals surface area contributed by atoms with E-state index < -0.39 is 11.6 Å². The molecule has 0 bridgehead atoms. The minimum Gasteiger partial charge on any atom is -0.324 e. The molecule has 1 atom stereocenters.